The van der Waals surface area contributed by atoms with Crippen LogP contribution in [0.3, 0.4) is 0 Å². The van der Waals surface area contributed by atoms with E-state index in [-0.39, 0.29) is 30.7 Å². The van der Waals surface area contributed by atoms with Gasteiger partial charge in [0.25, 0.3) is 0 Å². The van der Waals surface area contributed by atoms with Crippen LogP contribution in [-0.4, -0.2) is 42.0 Å². The lowest BCUT2D eigenvalue weighted by molar-refractivity contribution is -0.137. The van der Waals surface area contributed by atoms with Gasteiger partial charge < -0.3 is 15.5 Å². The van der Waals surface area contributed by atoms with Crippen molar-refractivity contribution < 1.29 is 4.79 Å². The molecule has 0 aliphatic carbocycles. The van der Waals surface area contributed by atoms with Crippen molar-refractivity contribution in [3.8, 4) is 0 Å². The van der Waals surface area contributed by atoms with Crippen LogP contribution in [0, 0.1) is 6.92 Å². The molecular weight excluding hydrogens is 379 g/mol. The van der Waals surface area contributed by atoms with Gasteiger partial charge in [0.05, 0.1) is 5.69 Å². The first-order valence-electron chi connectivity index (χ1n) is 7.79. The molecule has 1 aliphatic heterocycles. The van der Waals surface area contributed by atoms with Crippen molar-refractivity contribution >= 4 is 47.2 Å². The lowest BCUT2D eigenvalue weighted by Crippen LogP contribution is -2.56. The van der Waals surface area contributed by atoms with E-state index in [0.29, 0.717) is 13.1 Å². The standard InChI is InChI=1S/C17H22N4OS.2ClH/c1-13-12-23-16(19-13)21-10-8-20(9-11-21)15(22)17(2,18)14-6-4-3-5-7-14;;/h3-7,12H,8-11,18H2,1-2H3;2*1H. The van der Waals surface area contributed by atoms with Crippen LogP contribution in [0.15, 0.2) is 35.7 Å². The molecule has 0 saturated carbocycles. The molecule has 1 amide bonds. The van der Waals surface area contributed by atoms with Crippen molar-refractivity contribution in [2.45, 2.75) is 19.4 Å². The molecule has 0 spiro atoms. The number of hydrogen-bond acceptors (Lipinski definition) is 5. The van der Waals surface area contributed by atoms with Crippen molar-refractivity contribution in [2.24, 2.45) is 5.73 Å². The van der Waals surface area contributed by atoms with Gasteiger partial charge in [-0.3, -0.25) is 4.79 Å². The second-order valence-corrected chi connectivity index (χ2v) is 6.96. The fraction of sp³-hybridized carbons (Fsp3) is 0.412. The van der Waals surface area contributed by atoms with Gasteiger partial charge in [-0.15, -0.1) is 36.2 Å². The number of piperazine rings is 1. The fourth-order valence-electron chi connectivity index (χ4n) is 2.82. The number of halogens is 2. The van der Waals surface area contributed by atoms with Crippen molar-refractivity contribution in [1.82, 2.24) is 9.88 Å². The van der Waals surface area contributed by atoms with E-state index in [1.54, 1.807) is 18.3 Å². The Morgan fingerprint density at radius 1 is 1.16 bits per heavy atom. The smallest absolute Gasteiger partial charge is 0.247 e. The van der Waals surface area contributed by atoms with Gasteiger partial charge >= 0.3 is 0 Å². The van der Waals surface area contributed by atoms with E-state index in [2.05, 4.69) is 15.3 Å². The summed E-state index contributed by atoms with van der Waals surface area (Å²) in [6.45, 7) is 6.74. The van der Waals surface area contributed by atoms with Crippen molar-refractivity contribution in [1.29, 1.82) is 0 Å². The average Bonchev–Trinajstić information content (AvgIpc) is 3.01. The molecule has 0 bridgehead atoms. The molecule has 2 N–H and O–H groups in total. The van der Waals surface area contributed by atoms with E-state index in [1.807, 2.05) is 42.2 Å². The first kappa shape index (κ1) is 21.7. The zero-order chi connectivity index (χ0) is 16.4. The van der Waals surface area contributed by atoms with Gasteiger partial charge in [0.1, 0.15) is 5.54 Å². The van der Waals surface area contributed by atoms with E-state index in [0.717, 1.165) is 29.5 Å². The number of carbonyl (C=O) groups is 1. The molecule has 1 atom stereocenters. The SMILES string of the molecule is Cc1csc(N2CCN(C(=O)C(C)(N)c3ccccc3)CC2)n1.Cl.Cl. The first-order chi connectivity index (χ1) is 11.0. The molecule has 5 nitrogen and oxygen atoms in total. The molecule has 3 rings (SSSR count). The molecule has 1 saturated heterocycles. The summed E-state index contributed by atoms with van der Waals surface area (Å²) in [5.74, 6) is -0.0151. The van der Waals surface area contributed by atoms with Crippen LogP contribution in [0.4, 0.5) is 5.13 Å². The minimum absolute atomic E-state index is 0. The Labute approximate surface area is 165 Å². The normalized spacial score (nSPS) is 16.4. The molecular formula is C17H24Cl2N4OS. The van der Waals surface area contributed by atoms with Crippen molar-refractivity contribution in [3.63, 3.8) is 0 Å². The Hall–Kier alpha value is -1.34. The molecule has 1 aromatic heterocycles. The van der Waals surface area contributed by atoms with Crippen LogP contribution >= 0.6 is 36.2 Å². The highest BCUT2D eigenvalue weighted by molar-refractivity contribution is 7.13. The number of amides is 1. The maximum atomic E-state index is 12.8. The van der Waals surface area contributed by atoms with Crippen molar-refractivity contribution in [2.75, 3.05) is 31.1 Å². The van der Waals surface area contributed by atoms with Gasteiger partial charge in [-0.25, -0.2) is 4.98 Å². The summed E-state index contributed by atoms with van der Waals surface area (Å²) in [4.78, 5) is 21.5. The molecule has 138 valence electrons. The molecule has 8 heteroatoms. The van der Waals surface area contributed by atoms with Gasteiger partial charge in [-0.2, -0.15) is 0 Å². The number of rotatable bonds is 3. The van der Waals surface area contributed by atoms with Gasteiger partial charge in [-0.05, 0) is 19.4 Å². The van der Waals surface area contributed by atoms with E-state index < -0.39 is 5.54 Å². The van der Waals surface area contributed by atoms with Gasteiger partial charge in [0.15, 0.2) is 5.13 Å². The Morgan fingerprint density at radius 2 is 1.76 bits per heavy atom. The topological polar surface area (TPSA) is 62.5 Å². The monoisotopic (exact) mass is 402 g/mol. The highest BCUT2D eigenvalue weighted by Crippen LogP contribution is 2.24. The summed E-state index contributed by atoms with van der Waals surface area (Å²) in [7, 11) is 0. The van der Waals surface area contributed by atoms with E-state index in [4.69, 9.17) is 5.73 Å². The van der Waals surface area contributed by atoms with E-state index in [9.17, 15) is 4.79 Å². The van der Waals surface area contributed by atoms with Gasteiger partial charge in [0.2, 0.25) is 5.91 Å². The third kappa shape index (κ3) is 4.64. The highest BCUT2D eigenvalue weighted by Gasteiger charge is 2.35. The predicted octanol–water partition coefficient (Wildman–Crippen LogP) is 2.82. The van der Waals surface area contributed by atoms with Crippen LogP contribution in [0.5, 0.6) is 0 Å². The zero-order valence-corrected chi connectivity index (χ0v) is 16.8. The number of aryl methyl sites for hydroxylation is 1. The van der Waals surface area contributed by atoms with Crippen LogP contribution < -0.4 is 10.6 Å². The Kier molecular flexibility index (Phi) is 7.68. The number of aromatic nitrogens is 1. The molecule has 0 radical (unpaired) electrons. The van der Waals surface area contributed by atoms with Crippen LogP contribution in [-0.2, 0) is 10.3 Å². The number of nitrogens with two attached hydrogens (primary N) is 1. The minimum Gasteiger partial charge on any atom is -0.345 e. The summed E-state index contributed by atoms with van der Waals surface area (Å²) in [6, 6.07) is 9.57. The number of anilines is 1. The van der Waals surface area contributed by atoms with Crippen LogP contribution in [0.2, 0.25) is 0 Å². The Bertz CT molecular complexity index is 685. The van der Waals surface area contributed by atoms with Gasteiger partial charge in [-0.1, -0.05) is 30.3 Å². The number of carbonyl (C=O) groups excluding carboxylic acids is 1. The second kappa shape index (κ2) is 8.85. The molecule has 2 aromatic rings. The molecule has 1 fully saturated rings. The summed E-state index contributed by atoms with van der Waals surface area (Å²) < 4.78 is 0. The second-order valence-electron chi connectivity index (χ2n) is 6.12. The van der Waals surface area contributed by atoms with Gasteiger partial charge in [0, 0.05) is 31.6 Å². The summed E-state index contributed by atoms with van der Waals surface area (Å²) in [6.07, 6.45) is 0. The minimum atomic E-state index is -0.985. The summed E-state index contributed by atoms with van der Waals surface area (Å²) in [5, 5.41) is 3.09. The predicted molar refractivity (Wildman–Crippen MR) is 108 cm³/mol. The van der Waals surface area contributed by atoms with Crippen LogP contribution in [0.25, 0.3) is 0 Å². The first-order valence-corrected chi connectivity index (χ1v) is 8.67. The third-order valence-electron chi connectivity index (χ3n) is 4.26. The number of nitrogens with zero attached hydrogens (tertiary/aromatic N) is 3. The van der Waals surface area contributed by atoms with Crippen molar-refractivity contribution in [3.05, 3.63) is 47.0 Å². The fourth-order valence-corrected chi connectivity index (χ4v) is 3.68. The summed E-state index contributed by atoms with van der Waals surface area (Å²) >= 11 is 1.65. The quantitative estimate of drug-likeness (QED) is 0.856. The summed E-state index contributed by atoms with van der Waals surface area (Å²) in [5.41, 5.74) is 7.26. The third-order valence-corrected chi connectivity index (χ3v) is 5.28. The molecule has 1 aliphatic rings. The Morgan fingerprint density at radius 3 is 2.28 bits per heavy atom. The maximum Gasteiger partial charge on any atom is 0.247 e. The number of hydrogen-bond donors (Lipinski definition) is 1. The zero-order valence-electron chi connectivity index (χ0n) is 14.3. The molecule has 1 unspecified atom stereocenters. The van der Waals surface area contributed by atoms with E-state index >= 15 is 0 Å². The Balaban J connectivity index is 0.00000156. The lowest BCUT2D eigenvalue weighted by Gasteiger charge is -2.38. The lowest BCUT2D eigenvalue weighted by atomic mass is 9.91. The number of thiazole rings is 1. The molecule has 2 heterocycles. The largest absolute Gasteiger partial charge is 0.345 e. The maximum absolute atomic E-state index is 12.8. The number of benzene rings is 1. The molecule has 25 heavy (non-hydrogen) atoms. The molecule has 1 aromatic carbocycles. The highest BCUT2D eigenvalue weighted by atomic mass is 35.5. The van der Waals surface area contributed by atoms with E-state index in [1.165, 1.54) is 0 Å². The average molecular weight is 403 g/mol. The van der Waals surface area contributed by atoms with Crippen LogP contribution in [0.1, 0.15) is 18.2 Å².